The third-order valence-electron chi connectivity index (χ3n) is 1.70. The first kappa shape index (κ1) is 6.97. The first-order chi connectivity index (χ1) is 5.27. The molecule has 0 fully saturated rings. The van der Waals surface area contributed by atoms with Gasteiger partial charge >= 0.3 is 0 Å². The number of allylic oxidation sites excluding steroid dienone is 1. The number of hydrogen-bond acceptors (Lipinski definition) is 4. The Balaban J connectivity index is 2.25. The number of aliphatic imine (C=N–C) groups is 1. The van der Waals surface area contributed by atoms with Gasteiger partial charge in [-0.25, -0.2) is 0 Å². The summed E-state index contributed by atoms with van der Waals surface area (Å²) >= 11 is 3.40. The minimum absolute atomic E-state index is 0.138. The Morgan fingerprint density at radius 2 is 2.55 bits per heavy atom. The standard InChI is InChI=1S/C6H9BrN4/c1-11-3-8-2-4-5(11)10-6(7)9-4/h2,6,9-10H,3H2,1H3. The lowest BCUT2D eigenvalue weighted by Crippen LogP contribution is -2.31. The predicted octanol–water partition coefficient (Wildman–Crippen LogP) is 0.000500. The SMILES string of the molecule is CN1CN=CC2=C1NC(Br)N2. The van der Waals surface area contributed by atoms with Crippen LogP contribution in [0, 0.1) is 0 Å². The van der Waals surface area contributed by atoms with E-state index in [1.54, 1.807) is 0 Å². The van der Waals surface area contributed by atoms with Gasteiger partial charge in [0.05, 0.1) is 11.9 Å². The number of nitrogens with zero attached hydrogens (tertiary/aromatic N) is 2. The van der Waals surface area contributed by atoms with Gasteiger partial charge in [0.25, 0.3) is 0 Å². The molecule has 0 aromatic rings. The molecule has 4 nitrogen and oxygen atoms in total. The van der Waals surface area contributed by atoms with Crippen LogP contribution in [0.1, 0.15) is 0 Å². The van der Waals surface area contributed by atoms with Gasteiger partial charge in [-0.15, -0.1) is 0 Å². The van der Waals surface area contributed by atoms with Crippen molar-refractivity contribution in [2.75, 3.05) is 13.7 Å². The van der Waals surface area contributed by atoms with Gasteiger partial charge in [-0.3, -0.25) is 4.99 Å². The highest BCUT2D eigenvalue weighted by molar-refractivity contribution is 9.09. The van der Waals surface area contributed by atoms with Crippen LogP contribution in [0.3, 0.4) is 0 Å². The lowest BCUT2D eigenvalue weighted by Gasteiger charge is -2.21. The normalized spacial score (nSPS) is 28.2. The van der Waals surface area contributed by atoms with Gasteiger partial charge in [0, 0.05) is 7.05 Å². The minimum atomic E-state index is 0.138. The van der Waals surface area contributed by atoms with Gasteiger partial charge in [-0.1, -0.05) is 0 Å². The Kier molecular flexibility index (Phi) is 1.52. The molecule has 2 rings (SSSR count). The zero-order valence-corrected chi connectivity index (χ0v) is 7.72. The van der Waals surface area contributed by atoms with Crippen molar-refractivity contribution in [3.63, 3.8) is 0 Å². The molecule has 2 heterocycles. The lowest BCUT2D eigenvalue weighted by molar-refractivity contribution is 0.400. The fourth-order valence-electron chi connectivity index (χ4n) is 1.18. The van der Waals surface area contributed by atoms with E-state index in [4.69, 9.17) is 0 Å². The lowest BCUT2D eigenvalue weighted by atomic mass is 10.4. The van der Waals surface area contributed by atoms with Gasteiger partial charge in [-0.2, -0.15) is 0 Å². The molecule has 2 aliphatic heterocycles. The van der Waals surface area contributed by atoms with Gasteiger partial charge < -0.3 is 15.5 Å². The summed E-state index contributed by atoms with van der Waals surface area (Å²) in [5, 5.41) is 6.54. The maximum absolute atomic E-state index is 4.15. The highest BCUT2D eigenvalue weighted by Gasteiger charge is 2.23. The summed E-state index contributed by atoms with van der Waals surface area (Å²) < 4.78 is 0. The fraction of sp³-hybridized carbons (Fsp3) is 0.500. The number of hydrogen-bond donors (Lipinski definition) is 2. The van der Waals surface area contributed by atoms with Crippen molar-refractivity contribution in [1.29, 1.82) is 0 Å². The number of alkyl halides is 1. The second-order valence-corrected chi connectivity index (χ2v) is 3.48. The minimum Gasteiger partial charge on any atom is -0.352 e. The Bertz CT molecular complexity index is 235. The summed E-state index contributed by atoms with van der Waals surface area (Å²) in [7, 11) is 2.01. The van der Waals surface area contributed by atoms with Crippen molar-refractivity contribution in [1.82, 2.24) is 15.5 Å². The summed E-state index contributed by atoms with van der Waals surface area (Å²) in [6.07, 6.45) is 1.85. The highest BCUT2D eigenvalue weighted by atomic mass is 79.9. The molecule has 0 saturated carbocycles. The third-order valence-corrected chi connectivity index (χ3v) is 2.15. The van der Waals surface area contributed by atoms with E-state index in [2.05, 4.69) is 36.5 Å². The first-order valence-corrected chi connectivity index (χ1v) is 4.31. The number of rotatable bonds is 0. The predicted molar refractivity (Wildman–Crippen MR) is 47.1 cm³/mol. The van der Waals surface area contributed by atoms with Crippen molar-refractivity contribution in [2.45, 2.75) is 5.08 Å². The zero-order chi connectivity index (χ0) is 7.84. The monoisotopic (exact) mass is 216 g/mol. The Morgan fingerprint density at radius 3 is 3.27 bits per heavy atom. The maximum Gasteiger partial charge on any atom is 0.156 e. The van der Waals surface area contributed by atoms with Gasteiger partial charge in [0.2, 0.25) is 0 Å². The molecule has 0 aromatic heterocycles. The van der Waals surface area contributed by atoms with E-state index in [0.717, 1.165) is 18.2 Å². The topological polar surface area (TPSA) is 39.7 Å². The van der Waals surface area contributed by atoms with Crippen LogP contribution in [-0.2, 0) is 0 Å². The maximum atomic E-state index is 4.15. The van der Waals surface area contributed by atoms with Crippen LogP contribution >= 0.6 is 15.9 Å². The van der Waals surface area contributed by atoms with E-state index in [0.29, 0.717) is 0 Å². The van der Waals surface area contributed by atoms with Crippen LogP contribution in [0.25, 0.3) is 0 Å². The summed E-state index contributed by atoms with van der Waals surface area (Å²) in [4.78, 5) is 6.21. The van der Waals surface area contributed by atoms with Gasteiger partial charge in [0.1, 0.15) is 12.5 Å². The molecule has 1 atom stereocenters. The van der Waals surface area contributed by atoms with Crippen LogP contribution in [0.2, 0.25) is 0 Å². The number of nitrogens with one attached hydrogen (secondary N) is 2. The summed E-state index contributed by atoms with van der Waals surface area (Å²) in [6, 6.07) is 0. The molecule has 0 bridgehead atoms. The van der Waals surface area contributed by atoms with Crippen LogP contribution in [0.15, 0.2) is 16.5 Å². The number of halogens is 1. The second kappa shape index (κ2) is 2.41. The fourth-order valence-corrected chi connectivity index (χ4v) is 1.64. The molecule has 60 valence electrons. The molecule has 5 heteroatoms. The van der Waals surface area contributed by atoms with Crippen LogP contribution in [0.5, 0.6) is 0 Å². The van der Waals surface area contributed by atoms with E-state index in [9.17, 15) is 0 Å². The highest BCUT2D eigenvalue weighted by Crippen LogP contribution is 2.15. The molecule has 1 unspecified atom stereocenters. The van der Waals surface area contributed by atoms with Gasteiger partial charge in [0.15, 0.2) is 5.08 Å². The molecule has 2 aliphatic rings. The van der Waals surface area contributed by atoms with Gasteiger partial charge in [-0.05, 0) is 15.9 Å². The van der Waals surface area contributed by atoms with Crippen LogP contribution < -0.4 is 10.6 Å². The molecule has 2 N–H and O–H groups in total. The zero-order valence-electron chi connectivity index (χ0n) is 6.13. The van der Waals surface area contributed by atoms with Crippen LogP contribution in [0.4, 0.5) is 0 Å². The van der Waals surface area contributed by atoms with Crippen LogP contribution in [-0.4, -0.2) is 29.9 Å². The Labute approximate surface area is 73.5 Å². The largest absolute Gasteiger partial charge is 0.352 e. The molecule has 11 heavy (non-hydrogen) atoms. The quantitative estimate of drug-likeness (QED) is 0.443. The summed E-state index contributed by atoms with van der Waals surface area (Å²) in [5.74, 6) is 1.11. The average Bonchev–Trinajstić information content (AvgIpc) is 2.31. The first-order valence-electron chi connectivity index (χ1n) is 3.40. The van der Waals surface area contributed by atoms with Crippen molar-refractivity contribution in [3.8, 4) is 0 Å². The molecular weight excluding hydrogens is 208 g/mol. The summed E-state index contributed by atoms with van der Waals surface area (Å²) in [6.45, 7) is 0.729. The van der Waals surface area contributed by atoms with Crippen molar-refractivity contribution in [2.24, 2.45) is 4.99 Å². The molecule has 0 aromatic carbocycles. The van der Waals surface area contributed by atoms with E-state index in [1.165, 1.54) is 0 Å². The molecular formula is C6H9BrN4. The molecule has 0 aliphatic carbocycles. The van der Waals surface area contributed by atoms with Crippen molar-refractivity contribution in [3.05, 3.63) is 11.5 Å². The smallest absolute Gasteiger partial charge is 0.156 e. The molecule has 0 saturated heterocycles. The van der Waals surface area contributed by atoms with E-state index in [1.807, 2.05) is 13.3 Å². The Morgan fingerprint density at radius 1 is 1.73 bits per heavy atom. The second-order valence-electron chi connectivity index (χ2n) is 2.56. The molecule has 0 amide bonds. The third kappa shape index (κ3) is 1.09. The molecule has 0 spiro atoms. The van der Waals surface area contributed by atoms with E-state index < -0.39 is 0 Å². The van der Waals surface area contributed by atoms with Crippen molar-refractivity contribution < 1.29 is 0 Å². The van der Waals surface area contributed by atoms with Crippen molar-refractivity contribution >= 4 is 22.1 Å². The average molecular weight is 217 g/mol. The summed E-state index contributed by atoms with van der Waals surface area (Å²) in [5.41, 5.74) is 1.06. The Hall–Kier alpha value is -0.710. The molecule has 0 radical (unpaired) electrons. The van der Waals surface area contributed by atoms with E-state index in [-0.39, 0.29) is 5.08 Å². The van der Waals surface area contributed by atoms with E-state index >= 15 is 0 Å².